The number of likely N-dealkylation sites (tertiary alicyclic amines) is 1. The average molecular weight is 466 g/mol. The lowest BCUT2D eigenvalue weighted by Gasteiger charge is -2.30. The molecule has 0 aromatic heterocycles. The third-order valence-corrected chi connectivity index (χ3v) is 6.80. The molecule has 3 aromatic rings. The first kappa shape index (κ1) is 23.6. The molecule has 1 aliphatic rings. The standard InChI is InChI=1S/C28H32ClNO3/c1-32-25-13-9-23(10-14-25)28(31,21-22-7-3-4-8-27(22)29)24-11-15-26(16-12-24)33-20-19-30-17-5-2-6-18-30/h3-4,7-16,31H,2,5-6,17-21H2,1H3. The van der Waals surface area contributed by atoms with Gasteiger partial charge in [0.2, 0.25) is 0 Å². The smallest absolute Gasteiger partial charge is 0.119 e. The molecular formula is C28H32ClNO3. The molecular weight excluding hydrogens is 434 g/mol. The Kier molecular flexibility index (Phi) is 7.92. The van der Waals surface area contributed by atoms with Crippen LogP contribution in [0.2, 0.25) is 5.02 Å². The summed E-state index contributed by atoms with van der Waals surface area (Å²) in [6, 6.07) is 22.9. The molecule has 1 fully saturated rings. The molecule has 0 amide bonds. The first-order valence-electron chi connectivity index (χ1n) is 11.6. The van der Waals surface area contributed by atoms with Crippen molar-refractivity contribution in [3.05, 3.63) is 94.5 Å². The van der Waals surface area contributed by atoms with Crippen molar-refractivity contribution < 1.29 is 14.6 Å². The van der Waals surface area contributed by atoms with E-state index in [9.17, 15) is 5.11 Å². The lowest BCUT2D eigenvalue weighted by molar-refractivity contribution is 0.0810. The number of hydrogen-bond acceptors (Lipinski definition) is 4. The molecule has 0 saturated carbocycles. The molecule has 1 atom stereocenters. The van der Waals surface area contributed by atoms with Crippen molar-refractivity contribution in [3.63, 3.8) is 0 Å². The Morgan fingerprint density at radius 1 is 0.848 bits per heavy atom. The van der Waals surface area contributed by atoms with E-state index < -0.39 is 5.60 Å². The number of rotatable bonds is 9. The Balaban J connectivity index is 1.53. The van der Waals surface area contributed by atoms with Gasteiger partial charge in [0.1, 0.15) is 23.7 Å². The zero-order chi connectivity index (χ0) is 23.1. The van der Waals surface area contributed by atoms with Gasteiger partial charge in [0, 0.05) is 18.0 Å². The van der Waals surface area contributed by atoms with Gasteiger partial charge in [-0.05, 0) is 73.0 Å². The van der Waals surface area contributed by atoms with Crippen LogP contribution in [0.1, 0.15) is 36.0 Å². The summed E-state index contributed by atoms with van der Waals surface area (Å²) < 4.78 is 11.3. The van der Waals surface area contributed by atoms with E-state index in [-0.39, 0.29) is 0 Å². The number of benzene rings is 3. The summed E-state index contributed by atoms with van der Waals surface area (Å²) in [6.45, 7) is 3.95. The number of piperidine rings is 1. The van der Waals surface area contributed by atoms with E-state index in [2.05, 4.69) is 4.90 Å². The number of aliphatic hydroxyl groups is 1. The highest BCUT2D eigenvalue weighted by Gasteiger charge is 2.32. The molecule has 33 heavy (non-hydrogen) atoms. The fraction of sp³-hybridized carbons (Fsp3) is 0.357. The van der Waals surface area contributed by atoms with E-state index in [1.165, 1.54) is 32.4 Å². The van der Waals surface area contributed by atoms with E-state index >= 15 is 0 Å². The van der Waals surface area contributed by atoms with E-state index in [1.54, 1.807) is 7.11 Å². The minimum absolute atomic E-state index is 0.355. The topological polar surface area (TPSA) is 41.9 Å². The molecule has 3 aromatic carbocycles. The van der Waals surface area contributed by atoms with Gasteiger partial charge in [0.05, 0.1) is 7.11 Å². The maximum absolute atomic E-state index is 12.0. The maximum Gasteiger partial charge on any atom is 0.119 e. The van der Waals surface area contributed by atoms with Gasteiger partial charge < -0.3 is 14.6 Å². The molecule has 0 aliphatic carbocycles. The van der Waals surface area contributed by atoms with Crippen molar-refractivity contribution in [1.29, 1.82) is 0 Å². The lowest BCUT2D eigenvalue weighted by atomic mass is 9.81. The Hall–Kier alpha value is -2.53. The second kappa shape index (κ2) is 11.1. The van der Waals surface area contributed by atoms with E-state index in [4.69, 9.17) is 21.1 Å². The Labute approximate surface area is 201 Å². The zero-order valence-electron chi connectivity index (χ0n) is 19.2. The van der Waals surface area contributed by atoms with Crippen LogP contribution in [-0.2, 0) is 12.0 Å². The van der Waals surface area contributed by atoms with Crippen LogP contribution in [0.3, 0.4) is 0 Å². The normalized spacial score (nSPS) is 16.2. The zero-order valence-corrected chi connectivity index (χ0v) is 19.9. The SMILES string of the molecule is COc1ccc(C(O)(Cc2ccccc2Cl)c2ccc(OCCN3CCCCC3)cc2)cc1. The third kappa shape index (κ3) is 5.89. The van der Waals surface area contributed by atoms with Gasteiger partial charge >= 0.3 is 0 Å². The first-order chi connectivity index (χ1) is 16.1. The molecule has 1 aliphatic heterocycles. The van der Waals surface area contributed by atoms with Crippen molar-refractivity contribution in [2.24, 2.45) is 0 Å². The van der Waals surface area contributed by atoms with Gasteiger partial charge in [0.25, 0.3) is 0 Å². The number of hydrogen-bond donors (Lipinski definition) is 1. The number of nitrogens with zero attached hydrogens (tertiary/aromatic N) is 1. The summed E-state index contributed by atoms with van der Waals surface area (Å²) in [5.41, 5.74) is 1.21. The van der Waals surface area contributed by atoms with Crippen molar-refractivity contribution in [3.8, 4) is 11.5 Å². The quantitative estimate of drug-likeness (QED) is 0.440. The summed E-state index contributed by atoms with van der Waals surface area (Å²) in [5.74, 6) is 1.56. The van der Waals surface area contributed by atoms with Gasteiger partial charge in [-0.2, -0.15) is 0 Å². The van der Waals surface area contributed by atoms with Crippen molar-refractivity contribution in [2.45, 2.75) is 31.3 Å². The van der Waals surface area contributed by atoms with Crippen molar-refractivity contribution in [1.82, 2.24) is 4.90 Å². The van der Waals surface area contributed by atoms with Crippen LogP contribution in [0.15, 0.2) is 72.8 Å². The monoisotopic (exact) mass is 465 g/mol. The molecule has 1 unspecified atom stereocenters. The van der Waals surface area contributed by atoms with Crippen LogP contribution in [-0.4, -0.2) is 43.4 Å². The summed E-state index contributed by atoms with van der Waals surface area (Å²) in [6.07, 6.45) is 4.26. The average Bonchev–Trinajstić information content (AvgIpc) is 2.86. The Morgan fingerprint density at radius 2 is 1.45 bits per heavy atom. The number of methoxy groups -OCH3 is 1. The molecule has 0 radical (unpaired) electrons. The van der Waals surface area contributed by atoms with Gasteiger partial charge in [-0.3, -0.25) is 4.90 Å². The predicted octanol–water partition coefficient (Wildman–Crippen LogP) is 5.69. The summed E-state index contributed by atoms with van der Waals surface area (Å²) in [7, 11) is 1.63. The van der Waals surface area contributed by atoms with Crippen molar-refractivity contribution >= 4 is 11.6 Å². The van der Waals surface area contributed by atoms with Crippen LogP contribution in [0.25, 0.3) is 0 Å². The van der Waals surface area contributed by atoms with Crippen LogP contribution >= 0.6 is 11.6 Å². The van der Waals surface area contributed by atoms with Gasteiger partial charge in [-0.25, -0.2) is 0 Å². The molecule has 4 rings (SSSR count). The summed E-state index contributed by atoms with van der Waals surface area (Å²) in [4.78, 5) is 2.46. The highest BCUT2D eigenvalue weighted by atomic mass is 35.5. The van der Waals surface area contributed by atoms with E-state index in [0.29, 0.717) is 18.1 Å². The van der Waals surface area contributed by atoms with Gasteiger partial charge in [-0.1, -0.05) is 60.5 Å². The number of ether oxygens (including phenoxy) is 2. The van der Waals surface area contributed by atoms with Gasteiger partial charge in [-0.15, -0.1) is 0 Å². The molecule has 1 saturated heterocycles. The molecule has 1 N–H and O–H groups in total. The largest absolute Gasteiger partial charge is 0.497 e. The molecule has 0 spiro atoms. The second-order valence-electron chi connectivity index (χ2n) is 8.63. The van der Waals surface area contributed by atoms with E-state index in [0.717, 1.165) is 34.7 Å². The molecule has 1 heterocycles. The molecule has 5 heteroatoms. The first-order valence-corrected chi connectivity index (χ1v) is 12.0. The third-order valence-electron chi connectivity index (χ3n) is 6.43. The number of halogens is 1. The Bertz CT molecular complexity index is 1020. The minimum atomic E-state index is -1.25. The lowest BCUT2D eigenvalue weighted by Crippen LogP contribution is -2.33. The maximum atomic E-state index is 12.0. The molecule has 4 nitrogen and oxygen atoms in total. The minimum Gasteiger partial charge on any atom is -0.497 e. The summed E-state index contributed by atoms with van der Waals surface area (Å²) >= 11 is 6.44. The fourth-order valence-electron chi connectivity index (χ4n) is 4.46. The fourth-order valence-corrected chi connectivity index (χ4v) is 4.66. The predicted molar refractivity (Wildman–Crippen MR) is 133 cm³/mol. The van der Waals surface area contributed by atoms with Crippen LogP contribution < -0.4 is 9.47 Å². The van der Waals surface area contributed by atoms with Crippen LogP contribution in [0.4, 0.5) is 0 Å². The summed E-state index contributed by atoms with van der Waals surface area (Å²) in [5, 5.41) is 12.6. The van der Waals surface area contributed by atoms with E-state index in [1.807, 2.05) is 72.8 Å². The Morgan fingerprint density at radius 3 is 2.06 bits per heavy atom. The second-order valence-corrected chi connectivity index (χ2v) is 9.04. The highest BCUT2D eigenvalue weighted by molar-refractivity contribution is 6.31. The molecule has 174 valence electrons. The van der Waals surface area contributed by atoms with Crippen LogP contribution in [0, 0.1) is 0 Å². The molecule has 0 bridgehead atoms. The van der Waals surface area contributed by atoms with Gasteiger partial charge in [0.15, 0.2) is 0 Å². The van der Waals surface area contributed by atoms with Crippen LogP contribution in [0.5, 0.6) is 11.5 Å². The highest BCUT2D eigenvalue weighted by Crippen LogP contribution is 2.36. The van der Waals surface area contributed by atoms with Crippen molar-refractivity contribution in [2.75, 3.05) is 33.4 Å².